The monoisotopic (exact) mass is 457 g/mol. The van der Waals surface area contributed by atoms with Crippen LogP contribution in [0.3, 0.4) is 0 Å². The largest absolute Gasteiger partial charge is 0.504 e. The molecule has 1 aromatic rings. The Morgan fingerprint density at radius 1 is 1.27 bits per heavy atom. The molecular formula is C23H32FN7O2. The molecule has 33 heavy (non-hydrogen) atoms. The summed E-state index contributed by atoms with van der Waals surface area (Å²) in [6.07, 6.45) is 9.90. The van der Waals surface area contributed by atoms with Crippen molar-refractivity contribution >= 4 is 17.7 Å². The molecule has 0 spiro atoms. The van der Waals surface area contributed by atoms with Crippen molar-refractivity contribution in [3.8, 4) is 0 Å². The Bertz CT molecular complexity index is 970. The van der Waals surface area contributed by atoms with Crippen LogP contribution in [0.15, 0.2) is 41.6 Å². The maximum Gasteiger partial charge on any atom is 0.229 e. The van der Waals surface area contributed by atoms with Gasteiger partial charge in [-0.1, -0.05) is 6.42 Å². The molecule has 1 saturated carbocycles. The Hall–Kier alpha value is -3.14. The lowest BCUT2D eigenvalue weighted by Crippen LogP contribution is -2.44. The van der Waals surface area contributed by atoms with Crippen molar-refractivity contribution < 1.29 is 13.9 Å². The van der Waals surface area contributed by atoms with Gasteiger partial charge in [0.15, 0.2) is 11.6 Å². The zero-order valence-electron chi connectivity index (χ0n) is 19.2. The molecular weight excluding hydrogens is 425 g/mol. The Labute approximate surface area is 193 Å². The molecule has 4 rings (SSSR count). The fraction of sp³-hybridized carbons (Fsp3) is 0.522. The van der Waals surface area contributed by atoms with Crippen molar-refractivity contribution in [3.05, 3.63) is 47.4 Å². The fourth-order valence-corrected chi connectivity index (χ4v) is 4.65. The summed E-state index contributed by atoms with van der Waals surface area (Å²) >= 11 is 0. The summed E-state index contributed by atoms with van der Waals surface area (Å²) in [4.78, 5) is 24.8. The number of piperazine rings is 1. The van der Waals surface area contributed by atoms with Gasteiger partial charge in [-0.3, -0.25) is 4.79 Å². The summed E-state index contributed by atoms with van der Waals surface area (Å²) in [7, 11) is 3.77. The lowest BCUT2D eigenvalue weighted by Gasteiger charge is -2.37. The topological polar surface area (TPSA) is 109 Å². The van der Waals surface area contributed by atoms with Gasteiger partial charge in [0, 0.05) is 55.6 Å². The van der Waals surface area contributed by atoms with Gasteiger partial charge in [-0.25, -0.2) is 9.37 Å². The number of anilines is 2. The molecule has 10 heteroatoms. The maximum absolute atomic E-state index is 14.4. The van der Waals surface area contributed by atoms with Crippen LogP contribution in [0.5, 0.6) is 0 Å². The summed E-state index contributed by atoms with van der Waals surface area (Å²) in [6.45, 7) is 3.96. The van der Waals surface area contributed by atoms with Gasteiger partial charge < -0.3 is 30.9 Å². The van der Waals surface area contributed by atoms with E-state index < -0.39 is 5.82 Å². The average Bonchev–Trinajstić information content (AvgIpc) is 3.26. The SMILES string of the molecule is CO/C=C1/CC(Nc2ncc(F)c(NC3CCCC3C(N)=O)n2)=CC=C1N1CCN(C)CC1. The zero-order chi connectivity index (χ0) is 23.4. The number of methoxy groups -OCH3 is 1. The number of amides is 1. The van der Waals surface area contributed by atoms with Crippen LogP contribution in [-0.4, -0.2) is 72.1 Å². The number of likely N-dealkylation sites (N-methyl/N-ethyl adjacent to an activating group) is 1. The first-order valence-electron chi connectivity index (χ1n) is 11.4. The number of aromatic nitrogens is 2. The van der Waals surface area contributed by atoms with E-state index in [9.17, 15) is 9.18 Å². The second-order valence-electron chi connectivity index (χ2n) is 8.80. The number of nitrogens with zero attached hydrogens (tertiary/aromatic N) is 4. The third-order valence-electron chi connectivity index (χ3n) is 6.48. The highest BCUT2D eigenvalue weighted by Gasteiger charge is 2.32. The van der Waals surface area contributed by atoms with Gasteiger partial charge in [-0.05, 0) is 32.0 Å². The molecule has 1 amide bonds. The summed E-state index contributed by atoms with van der Waals surface area (Å²) in [5.41, 5.74) is 8.58. The van der Waals surface area contributed by atoms with Crippen molar-refractivity contribution in [2.24, 2.45) is 11.7 Å². The normalized spacial score (nSPS) is 24.9. The van der Waals surface area contributed by atoms with Crippen LogP contribution in [0.4, 0.5) is 16.2 Å². The number of hydrogen-bond donors (Lipinski definition) is 3. The molecule has 1 saturated heterocycles. The fourth-order valence-electron chi connectivity index (χ4n) is 4.65. The molecule has 4 N–H and O–H groups in total. The first kappa shape index (κ1) is 23.0. The van der Waals surface area contributed by atoms with Crippen LogP contribution in [0.2, 0.25) is 0 Å². The number of primary amides is 1. The second-order valence-corrected chi connectivity index (χ2v) is 8.80. The van der Waals surface area contributed by atoms with Crippen LogP contribution >= 0.6 is 0 Å². The van der Waals surface area contributed by atoms with Gasteiger partial charge in [0.25, 0.3) is 0 Å². The van der Waals surface area contributed by atoms with E-state index in [4.69, 9.17) is 10.5 Å². The molecule has 2 unspecified atom stereocenters. The van der Waals surface area contributed by atoms with E-state index in [0.29, 0.717) is 12.8 Å². The summed E-state index contributed by atoms with van der Waals surface area (Å²) < 4.78 is 19.7. The van der Waals surface area contributed by atoms with E-state index in [1.54, 1.807) is 13.4 Å². The predicted molar refractivity (Wildman–Crippen MR) is 125 cm³/mol. The Kier molecular flexibility index (Phi) is 7.12. The number of hydrogen-bond acceptors (Lipinski definition) is 8. The highest BCUT2D eigenvalue weighted by Crippen LogP contribution is 2.30. The first-order chi connectivity index (χ1) is 15.9. The Morgan fingerprint density at radius 3 is 2.79 bits per heavy atom. The number of ether oxygens (including phenoxy) is 1. The summed E-state index contributed by atoms with van der Waals surface area (Å²) in [5.74, 6) is -0.900. The van der Waals surface area contributed by atoms with E-state index in [-0.39, 0.29) is 29.6 Å². The molecule has 0 bridgehead atoms. The number of carbonyl (C=O) groups is 1. The highest BCUT2D eigenvalue weighted by atomic mass is 19.1. The predicted octanol–water partition coefficient (Wildman–Crippen LogP) is 2.04. The second kappa shape index (κ2) is 10.2. The van der Waals surface area contributed by atoms with Gasteiger partial charge in [0.1, 0.15) is 0 Å². The van der Waals surface area contributed by atoms with Crippen molar-refractivity contribution in [2.75, 3.05) is 51.0 Å². The number of halogens is 1. The molecule has 0 aromatic carbocycles. The lowest BCUT2D eigenvalue weighted by atomic mass is 10.0. The van der Waals surface area contributed by atoms with Gasteiger partial charge in [-0.15, -0.1) is 0 Å². The van der Waals surface area contributed by atoms with Crippen LogP contribution in [-0.2, 0) is 9.53 Å². The molecule has 2 atom stereocenters. The van der Waals surface area contributed by atoms with Crippen molar-refractivity contribution in [2.45, 2.75) is 31.7 Å². The molecule has 178 valence electrons. The van der Waals surface area contributed by atoms with E-state index in [2.05, 4.69) is 43.5 Å². The van der Waals surface area contributed by atoms with Crippen LogP contribution in [0.1, 0.15) is 25.7 Å². The minimum Gasteiger partial charge on any atom is -0.504 e. The molecule has 1 aliphatic heterocycles. The van der Waals surface area contributed by atoms with E-state index >= 15 is 0 Å². The summed E-state index contributed by atoms with van der Waals surface area (Å²) in [6, 6.07) is -0.223. The van der Waals surface area contributed by atoms with Gasteiger partial charge in [0.2, 0.25) is 11.9 Å². The number of rotatable bonds is 7. The number of carbonyl (C=O) groups excluding carboxylic acids is 1. The highest BCUT2D eigenvalue weighted by molar-refractivity contribution is 5.78. The number of allylic oxidation sites excluding steroid dienone is 4. The molecule has 2 heterocycles. The quantitative estimate of drug-likeness (QED) is 0.534. The van der Waals surface area contributed by atoms with Crippen LogP contribution < -0.4 is 16.4 Å². The first-order valence-corrected chi connectivity index (χ1v) is 11.4. The van der Waals surface area contributed by atoms with Crippen molar-refractivity contribution in [1.29, 1.82) is 0 Å². The van der Waals surface area contributed by atoms with E-state index in [1.807, 2.05) is 6.08 Å². The lowest BCUT2D eigenvalue weighted by molar-refractivity contribution is -0.121. The van der Waals surface area contributed by atoms with Crippen molar-refractivity contribution in [1.82, 2.24) is 19.8 Å². The smallest absolute Gasteiger partial charge is 0.229 e. The molecule has 9 nitrogen and oxygen atoms in total. The zero-order valence-corrected chi connectivity index (χ0v) is 19.2. The minimum atomic E-state index is -0.564. The Balaban J connectivity index is 1.48. The standard InChI is InChI=1S/C23H32FN7O2/c1-30-8-10-31(11-9-30)20-7-6-16(12-15(20)14-33-2)27-23-26-13-18(24)22(29-23)28-19-5-3-4-17(19)21(25)32/h6-7,13-14,17,19H,3-5,8-12H2,1-2H3,(H2,25,32)(H2,26,27,28,29)/b15-14-. The van der Waals surface area contributed by atoms with E-state index in [0.717, 1.165) is 62.2 Å². The van der Waals surface area contributed by atoms with Gasteiger partial charge in [0.05, 0.1) is 25.5 Å². The van der Waals surface area contributed by atoms with Crippen LogP contribution in [0, 0.1) is 11.7 Å². The maximum atomic E-state index is 14.4. The van der Waals surface area contributed by atoms with E-state index in [1.165, 1.54) is 0 Å². The molecule has 1 aromatic heterocycles. The third-order valence-corrected chi connectivity index (χ3v) is 6.48. The molecule has 2 fully saturated rings. The number of nitrogens with one attached hydrogen (secondary N) is 2. The minimum absolute atomic E-state index is 0.0726. The summed E-state index contributed by atoms with van der Waals surface area (Å²) in [5, 5.41) is 6.26. The third kappa shape index (κ3) is 5.44. The van der Waals surface area contributed by atoms with Gasteiger partial charge >= 0.3 is 0 Å². The molecule has 0 radical (unpaired) electrons. The Morgan fingerprint density at radius 2 is 2.06 bits per heavy atom. The van der Waals surface area contributed by atoms with Crippen molar-refractivity contribution in [3.63, 3.8) is 0 Å². The molecule has 3 aliphatic rings. The average molecular weight is 458 g/mol. The van der Waals surface area contributed by atoms with Crippen LogP contribution in [0.25, 0.3) is 0 Å². The number of nitrogens with two attached hydrogens (primary N) is 1. The van der Waals surface area contributed by atoms with Gasteiger partial charge in [-0.2, -0.15) is 4.98 Å². The molecule has 2 aliphatic carbocycles.